The van der Waals surface area contributed by atoms with Crippen molar-refractivity contribution in [1.82, 2.24) is 9.88 Å². The lowest BCUT2D eigenvalue weighted by molar-refractivity contribution is 0.0594. The van der Waals surface area contributed by atoms with E-state index in [0.29, 0.717) is 19.1 Å². The van der Waals surface area contributed by atoms with E-state index >= 15 is 0 Å². The summed E-state index contributed by atoms with van der Waals surface area (Å²) in [6, 6.07) is 16.1. The summed E-state index contributed by atoms with van der Waals surface area (Å²) in [5.74, 6) is 1.31. The first-order valence-corrected chi connectivity index (χ1v) is 10.9. The second kappa shape index (κ2) is 8.69. The fourth-order valence-electron chi connectivity index (χ4n) is 3.53. The van der Waals surface area contributed by atoms with Gasteiger partial charge in [0, 0.05) is 16.9 Å². The van der Waals surface area contributed by atoms with Crippen LogP contribution in [0, 0.1) is 0 Å². The maximum Gasteiger partial charge on any atom is 0.120 e. The van der Waals surface area contributed by atoms with Crippen LogP contribution >= 0.6 is 27.3 Å². The Kier molecular flexibility index (Phi) is 6.08. The monoisotopic (exact) mass is 446 g/mol. The Hall–Kier alpha value is -1.47. The molecule has 1 N–H and O–H groups in total. The van der Waals surface area contributed by atoms with Gasteiger partial charge in [-0.2, -0.15) is 0 Å². The normalized spacial score (nSPS) is 17.3. The predicted molar refractivity (Wildman–Crippen MR) is 114 cm³/mol. The molecule has 1 aliphatic rings. The van der Waals surface area contributed by atoms with Crippen molar-refractivity contribution in [2.75, 3.05) is 26.2 Å². The van der Waals surface area contributed by atoms with Gasteiger partial charge in [-0.25, -0.2) is 4.98 Å². The summed E-state index contributed by atoms with van der Waals surface area (Å²) >= 11 is 5.25. The van der Waals surface area contributed by atoms with Crippen molar-refractivity contribution in [2.24, 2.45) is 0 Å². The fourth-order valence-corrected chi connectivity index (χ4v) is 5.04. The molecule has 0 spiro atoms. The quantitative estimate of drug-likeness (QED) is 0.596. The predicted octanol–water partition coefficient (Wildman–Crippen LogP) is 4.68. The third-order valence-corrected chi connectivity index (χ3v) is 6.65. The second-order valence-corrected chi connectivity index (χ2v) is 8.99. The van der Waals surface area contributed by atoms with E-state index in [-0.39, 0.29) is 0 Å². The third-order valence-electron chi connectivity index (χ3n) is 4.95. The van der Waals surface area contributed by atoms with Gasteiger partial charge in [-0.05, 0) is 56.3 Å². The number of hydrogen-bond acceptors (Lipinski definition) is 5. The third kappa shape index (κ3) is 4.88. The SMILES string of the molecule is OC(COc1cccc(Br)c1)CN1CCC(c2nc3ccccc3s2)CC1. The minimum absolute atomic E-state index is 0.314. The van der Waals surface area contributed by atoms with Crippen LogP contribution in [0.3, 0.4) is 0 Å². The van der Waals surface area contributed by atoms with Crippen LogP contribution in [-0.2, 0) is 0 Å². The highest BCUT2D eigenvalue weighted by molar-refractivity contribution is 9.10. The van der Waals surface area contributed by atoms with E-state index in [0.717, 1.165) is 41.7 Å². The molecule has 3 aromatic rings. The Bertz CT molecular complexity index is 860. The number of piperidine rings is 1. The first kappa shape index (κ1) is 18.9. The first-order chi connectivity index (χ1) is 13.2. The van der Waals surface area contributed by atoms with Gasteiger partial charge < -0.3 is 14.7 Å². The smallest absolute Gasteiger partial charge is 0.120 e. The number of thiazole rings is 1. The van der Waals surface area contributed by atoms with Crippen LogP contribution in [0.5, 0.6) is 5.75 Å². The number of para-hydroxylation sites is 1. The number of ether oxygens (including phenoxy) is 1. The summed E-state index contributed by atoms with van der Waals surface area (Å²) < 4.78 is 7.95. The highest BCUT2D eigenvalue weighted by atomic mass is 79.9. The van der Waals surface area contributed by atoms with Gasteiger partial charge in [0.1, 0.15) is 18.5 Å². The molecular formula is C21H23BrN2O2S. The molecule has 1 atom stereocenters. The molecule has 4 nitrogen and oxygen atoms in total. The maximum absolute atomic E-state index is 10.3. The van der Waals surface area contributed by atoms with Crippen LogP contribution in [0.25, 0.3) is 10.2 Å². The Morgan fingerprint density at radius 2 is 2.00 bits per heavy atom. The van der Waals surface area contributed by atoms with E-state index in [9.17, 15) is 5.11 Å². The van der Waals surface area contributed by atoms with Crippen molar-refractivity contribution >= 4 is 37.5 Å². The van der Waals surface area contributed by atoms with Gasteiger partial charge >= 0.3 is 0 Å². The molecule has 0 aliphatic carbocycles. The average molecular weight is 447 g/mol. The number of aliphatic hydroxyl groups is 1. The molecule has 2 aromatic carbocycles. The van der Waals surface area contributed by atoms with Crippen LogP contribution in [0.2, 0.25) is 0 Å². The van der Waals surface area contributed by atoms with Crippen molar-refractivity contribution in [3.8, 4) is 5.75 Å². The van der Waals surface area contributed by atoms with Gasteiger partial charge in [-0.15, -0.1) is 11.3 Å². The van der Waals surface area contributed by atoms with Crippen LogP contribution in [0.15, 0.2) is 53.0 Å². The molecule has 1 aliphatic heterocycles. The van der Waals surface area contributed by atoms with Crippen molar-refractivity contribution in [3.05, 3.63) is 58.0 Å². The number of halogens is 1. The van der Waals surface area contributed by atoms with E-state index in [4.69, 9.17) is 9.72 Å². The highest BCUT2D eigenvalue weighted by Gasteiger charge is 2.24. The minimum atomic E-state index is -0.483. The van der Waals surface area contributed by atoms with Gasteiger partial charge in [-0.1, -0.05) is 34.1 Å². The van der Waals surface area contributed by atoms with E-state index in [1.165, 1.54) is 9.71 Å². The number of likely N-dealkylation sites (tertiary alicyclic amines) is 1. The Morgan fingerprint density at radius 1 is 1.19 bits per heavy atom. The largest absolute Gasteiger partial charge is 0.491 e. The van der Waals surface area contributed by atoms with E-state index < -0.39 is 6.10 Å². The van der Waals surface area contributed by atoms with Crippen molar-refractivity contribution in [1.29, 1.82) is 0 Å². The summed E-state index contributed by atoms with van der Waals surface area (Å²) in [5.41, 5.74) is 1.11. The summed E-state index contributed by atoms with van der Waals surface area (Å²) in [6.07, 6.45) is 1.71. The Balaban J connectivity index is 1.25. The zero-order chi connectivity index (χ0) is 18.6. The van der Waals surface area contributed by atoms with E-state index in [2.05, 4.69) is 39.0 Å². The molecule has 0 amide bonds. The van der Waals surface area contributed by atoms with Crippen LogP contribution in [0.4, 0.5) is 0 Å². The Labute approximate surface area is 171 Å². The maximum atomic E-state index is 10.3. The zero-order valence-corrected chi connectivity index (χ0v) is 17.5. The number of aromatic nitrogens is 1. The molecule has 1 aromatic heterocycles. The topological polar surface area (TPSA) is 45.6 Å². The van der Waals surface area contributed by atoms with Crippen molar-refractivity contribution in [2.45, 2.75) is 24.9 Å². The second-order valence-electron chi connectivity index (χ2n) is 7.02. The number of nitrogens with zero attached hydrogens (tertiary/aromatic N) is 2. The number of rotatable bonds is 6. The number of benzene rings is 2. The molecule has 27 heavy (non-hydrogen) atoms. The zero-order valence-electron chi connectivity index (χ0n) is 15.1. The summed E-state index contributed by atoms with van der Waals surface area (Å²) in [4.78, 5) is 7.15. The first-order valence-electron chi connectivity index (χ1n) is 9.31. The van der Waals surface area contributed by atoms with E-state index in [1.54, 1.807) is 0 Å². The number of fused-ring (bicyclic) bond motifs is 1. The molecule has 1 fully saturated rings. The lowest BCUT2D eigenvalue weighted by Gasteiger charge is -2.32. The minimum Gasteiger partial charge on any atom is -0.491 e. The molecule has 2 heterocycles. The lowest BCUT2D eigenvalue weighted by Crippen LogP contribution is -2.40. The average Bonchev–Trinajstić information content (AvgIpc) is 3.11. The van der Waals surface area contributed by atoms with Gasteiger partial charge in [0.05, 0.1) is 15.2 Å². The molecule has 0 bridgehead atoms. The molecule has 1 saturated heterocycles. The number of β-amino-alcohol motifs (C(OH)–C–C–N with tert-alkyl or cyclic N) is 1. The Morgan fingerprint density at radius 3 is 2.78 bits per heavy atom. The summed E-state index contributed by atoms with van der Waals surface area (Å²) in [6.45, 7) is 2.96. The van der Waals surface area contributed by atoms with Crippen LogP contribution < -0.4 is 4.74 Å². The van der Waals surface area contributed by atoms with Crippen molar-refractivity contribution < 1.29 is 9.84 Å². The van der Waals surface area contributed by atoms with Crippen molar-refractivity contribution in [3.63, 3.8) is 0 Å². The van der Waals surface area contributed by atoms with Gasteiger partial charge in [0.25, 0.3) is 0 Å². The molecule has 1 unspecified atom stereocenters. The van der Waals surface area contributed by atoms with Gasteiger partial charge in [0.15, 0.2) is 0 Å². The van der Waals surface area contributed by atoms with Crippen LogP contribution in [0.1, 0.15) is 23.8 Å². The number of hydrogen-bond donors (Lipinski definition) is 1. The molecule has 4 rings (SSSR count). The van der Waals surface area contributed by atoms with E-state index in [1.807, 2.05) is 41.7 Å². The summed E-state index contributed by atoms with van der Waals surface area (Å²) in [5, 5.41) is 11.6. The standard InChI is InChI=1S/C21H23BrN2O2S/c22-16-4-3-5-18(12-16)26-14-17(25)13-24-10-8-15(9-11-24)21-23-19-6-1-2-7-20(19)27-21/h1-7,12,15,17,25H,8-11,13-14H2. The molecule has 0 radical (unpaired) electrons. The summed E-state index contributed by atoms with van der Waals surface area (Å²) in [7, 11) is 0. The molecule has 142 valence electrons. The molecule has 0 saturated carbocycles. The van der Waals surface area contributed by atoms with Gasteiger partial charge in [0.2, 0.25) is 0 Å². The highest BCUT2D eigenvalue weighted by Crippen LogP contribution is 2.33. The fraction of sp³-hybridized carbons (Fsp3) is 0.381. The van der Waals surface area contributed by atoms with Gasteiger partial charge in [-0.3, -0.25) is 0 Å². The lowest BCUT2D eigenvalue weighted by atomic mass is 9.97. The molecule has 6 heteroatoms. The van der Waals surface area contributed by atoms with Crippen LogP contribution in [-0.4, -0.2) is 47.3 Å². The molecular weight excluding hydrogens is 424 g/mol. The number of aliphatic hydroxyl groups excluding tert-OH is 1.